The minimum Gasteiger partial charge on any atom is -0.394 e. The van der Waals surface area contributed by atoms with E-state index in [4.69, 9.17) is 16.7 Å². The Morgan fingerprint density at radius 3 is 2.42 bits per heavy atom. The molecule has 0 aromatic rings. The van der Waals surface area contributed by atoms with Crippen LogP contribution in [0.1, 0.15) is 6.42 Å². The van der Waals surface area contributed by atoms with Crippen molar-refractivity contribution in [3.63, 3.8) is 0 Å². The molecule has 1 N–H and O–H groups in total. The van der Waals surface area contributed by atoms with Gasteiger partial charge in [0.15, 0.2) is 0 Å². The van der Waals surface area contributed by atoms with Crippen molar-refractivity contribution in [3.8, 4) is 0 Å². The van der Waals surface area contributed by atoms with Gasteiger partial charge in [-0.3, -0.25) is 0 Å². The van der Waals surface area contributed by atoms with E-state index in [1.54, 1.807) is 0 Å². The molecule has 0 amide bonds. The molecule has 2 nitrogen and oxygen atoms in total. The average Bonchev–Trinajstić information content (AvgIpc) is 1.84. The molecule has 0 aliphatic carbocycles. The zero-order chi connectivity index (χ0) is 9.61. The standard InChI is InChI=1S/C6H10ClF3O2/c7-5(3-6(8,9)10)4-12-2-1-11/h5,11H,1-4H2. The highest BCUT2D eigenvalue weighted by molar-refractivity contribution is 6.20. The molecule has 0 bridgehead atoms. The number of ether oxygens (including phenoxy) is 1. The molecular formula is C6H10ClF3O2. The quantitative estimate of drug-likeness (QED) is 0.546. The molecule has 0 radical (unpaired) electrons. The van der Waals surface area contributed by atoms with Gasteiger partial charge in [-0.05, 0) is 0 Å². The van der Waals surface area contributed by atoms with Crippen molar-refractivity contribution >= 4 is 11.6 Å². The van der Waals surface area contributed by atoms with Crippen LogP contribution < -0.4 is 0 Å². The number of halogens is 4. The molecule has 0 aliphatic heterocycles. The lowest BCUT2D eigenvalue weighted by atomic mass is 10.3. The van der Waals surface area contributed by atoms with Crippen LogP contribution in [0.15, 0.2) is 0 Å². The minimum absolute atomic E-state index is 0.0150. The lowest BCUT2D eigenvalue weighted by Crippen LogP contribution is -2.20. The van der Waals surface area contributed by atoms with Gasteiger partial charge in [0.1, 0.15) is 0 Å². The third-order valence-corrected chi connectivity index (χ3v) is 1.27. The molecule has 12 heavy (non-hydrogen) atoms. The first-order valence-electron chi connectivity index (χ1n) is 3.35. The monoisotopic (exact) mass is 206 g/mol. The fraction of sp³-hybridized carbons (Fsp3) is 1.00. The number of rotatable bonds is 5. The molecule has 0 saturated heterocycles. The Bertz CT molecular complexity index is 118. The van der Waals surface area contributed by atoms with Gasteiger partial charge in [0.2, 0.25) is 0 Å². The van der Waals surface area contributed by atoms with E-state index in [1.165, 1.54) is 0 Å². The van der Waals surface area contributed by atoms with E-state index in [9.17, 15) is 13.2 Å². The first kappa shape index (κ1) is 12.0. The summed E-state index contributed by atoms with van der Waals surface area (Å²) in [4.78, 5) is 0. The molecular weight excluding hydrogens is 197 g/mol. The number of alkyl halides is 4. The Kier molecular flexibility index (Phi) is 5.61. The van der Waals surface area contributed by atoms with Crippen molar-refractivity contribution in [3.05, 3.63) is 0 Å². The van der Waals surface area contributed by atoms with Crippen molar-refractivity contribution in [2.75, 3.05) is 19.8 Å². The van der Waals surface area contributed by atoms with Gasteiger partial charge in [0.25, 0.3) is 0 Å². The van der Waals surface area contributed by atoms with E-state index in [0.29, 0.717) is 0 Å². The van der Waals surface area contributed by atoms with Gasteiger partial charge in [0, 0.05) is 0 Å². The SMILES string of the molecule is OCCOCC(Cl)CC(F)(F)F. The number of hydrogen-bond donors (Lipinski definition) is 1. The molecule has 6 heteroatoms. The third-order valence-electron chi connectivity index (χ3n) is 0.987. The highest BCUT2D eigenvalue weighted by atomic mass is 35.5. The summed E-state index contributed by atoms with van der Waals surface area (Å²) in [5, 5.41) is 7.15. The second-order valence-electron chi connectivity index (χ2n) is 2.22. The van der Waals surface area contributed by atoms with Gasteiger partial charge in [0.05, 0.1) is 31.6 Å². The largest absolute Gasteiger partial charge is 0.394 e. The maximum Gasteiger partial charge on any atom is 0.390 e. The molecule has 0 heterocycles. The first-order chi connectivity index (χ1) is 5.45. The van der Waals surface area contributed by atoms with Crippen LogP contribution in [0.2, 0.25) is 0 Å². The van der Waals surface area contributed by atoms with E-state index in [0.717, 1.165) is 0 Å². The van der Waals surface area contributed by atoms with Crippen LogP contribution in [0.25, 0.3) is 0 Å². The zero-order valence-electron chi connectivity index (χ0n) is 6.27. The summed E-state index contributed by atoms with van der Waals surface area (Å²) >= 11 is 5.27. The van der Waals surface area contributed by atoms with Crippen molar-refractivity contribution < 1.29 is 23.0 Å². The molecule has 0 saturated carbocycles. The van der Waals surface area contributed by atoms with Gasteiger partial charge in [-0.25, -0.2) is 0 Å². The summed E-state index contributed by atoms with van der Waals surface area (Å²) in [5.41, 5.74) is 0. The Morgan fingerprint density at radius 2 is 2.00 bits per heavy atom. The maximum absolute atomic E-state index is 11.6. The summed E-state index contributed by atoms with van der Waals surface area (Å²) in [7, 11) is 0. The Morgan fingerprint density at radius 1 is 1.42 bits per heavy atom. The van der Waals surface area contributed by atoms with E-state index >= 15 is 0 Å². The average molecular weight is 207 g/mol. The molecule has 1 atom stereocenters. The first-order valence-corrected chi connectivity index (χ1v) is 3.79. The van der Waals surface area contributed by atoms with Crippen LogP contribution in [0.5, 0.6) is 0 Å². The second-order valence-corrected chi connectivity index (χ2v) is 2.83. The molecule has 0 spiro atoms. The number of aliphatic hydroxyl groups is 1. The number of hydrogen-bond acceptors (Lipinski definition) is 2. The minimum atomic E-state index is -4.25. The zero-order valence-corrected chi connectivity index (χ0v) is 7.03. The van der Waals surface area contributed by atoms with E-state index in [1.807, 2.05) is 0 Å². The molecule has 1 unspecified atom stereocenters. The lowest BCUT2D eigenvalue weighted by molar-refractivity contribution is -0.137. The summed E-state index contributed by atoms with van der Waals surface area (Å²) in [5.74, 6) is 0. The smallest absolute Gasteiger partial charge is 0.390 e. The van der Waals surface area contributed by atoms with E-state index in [-0.39, 0.29) is 19.8 Å². The highest BCUT2D eigenvalue weighted by Gasteiger charge is 2.30. The molecule has 0 rings (SSSR count). The van der Waals surface area contributed by atoms with Crippen LogP contribution in [-0.4, -0.2) is 36.5 Å². The van der Waals surface area contributed by atoms with E-state index < -0.39 is 18.0 Å². The van der Waals surface area contributed by atoms with Crippen molar-refractivity contribution in [1.29, 1.82) is 0 Å². The highest BCUT2D eigenvalue weighted by Crippen LogP contribution is 2.23. The van der Waals surface area contributed by atoms with Crippen LogP contribution >= 0.6 is 11.6 Å². The molecule has 0 aromatic carbocycles. The van der Waals surface area contributed by atoms with Gasteiger partial charge >= 0.3 is 6.18 Å². The molecule has 0 aliphatic rings. The fourth-order valence-corrected chi connectivity index (χ4v) is 0.850. The van der Waals surface area contributed by atoms with Crippen molar-refractivity contribution in [2.24, 2.45) is 0 Å². The van der Waals surface area contributed by atoms with E-state index in [2.05, 4.69) is 4.74 Å². The fourth-order valence-electron chi connectivity index (χ4n) is 0.586. The lowest BCUT2D eigenvalue weighted by Gasteiger charge is -2.11. The topological polar surface area (TPSA) is 29.5 Å². The summed E-state index contributed by atoms with van der Waals surface area (Å²) in [6.07, 6.45) is -5.32. The predicted molar refractivity (Wildman–Crippen MR) is 38.2 cm³/mol. The van der Waals surface area contributed by atoms with Gasteiger partial charge in [-0.1, -0.05) is 0 Å². The number of aliphatic hydroxyl groups excluding tert-OH is 1. The van der Waals surface area contributed by atoms with Crippen molar-refractivity contribution in [2.45, 2.75) is 18.0 Å². The summed E-state index contributed by atoms with van der Waals surface area (Å²) in [6.45, 7) is -0.391. The second kappa shape index (κ2) is 5.61. The Hall–Kier alpha value is -0.0000000000000000555. The van der Waals surface area contributed by atoms with Crippen LogP contribution in [0.3, 0.4) is 0 Å². The van der Waals surface area contributed by atoms with Crippen LogP contribution in [0.4, 0.5) is 13.2 Å². The van der Waals surface area contributed by atoms with Gasteiger partial charge < -0.3 is 9.84 Å². The van der Waals surface area contributed by atoms with Gasteiger partial charge in [-0.15, -0.1) is 11.6 Å². The Labute approximate surface area is 73.3 Å². The van der Waals surface area contributed by atoms with Crippen molar-refractivity contribution in [1.82, 2.24) is 0 Å². The Balaban J connectivity index is 3.40. The summed E-state index contributed by atoms with van der Waals surface area (Å²) in [6, 6.07) is 0. The normalized spacial score (nSPS) is 14.8. The molecule has 74 valence electrons. The van der Waals surface area contributed by atoms with Gasteiger partial charge in [-0.2, -0.15) is 13.2 Å². The van der Waals surface area contributed by atoms with Crippen LogP contribution in [-0.2, 0) is 4.74 Å². The maximum atomic E-state index is 11.6. The molecule has 0 fully saturated rings. The molecule has 0 aromatic heterocycles. The third kappa shape index (κ3) is 8.10. The predicted octanol–water partition coefficient (Wildman–Crippen LogP) is 1.56. The van der Waals surface area contributed by atoms with Crippen LogP contribution in [0, 0.1) is 0 Å². The summed E-state index contributed by atoms with van der Waals surface area (Å²) < 4.78 is 39.5.